The molecule has 14 heteroatoms. The van der Waals surface area contributed by atoms with Crippen molar-refractivity contribution in [2.24, 2.45) is 0 Å². The number of alkyl halides is 3. The van der Waals surface area contributed by atoms with Crippen LogP contribution in [0.3, 0.4) is 0 Å². The van der Waals surface area contributed by atoms with E-state index in [9.17, 15) is 19.5 Å². The van der Waals surface area contributed by atoms with E-state index in [0.29, 0.717) is 52.6 Å². The van der Waals surface area contributed by atoms with Crippen molar-refractivity contribution < 1.29 is 29.0 Å². The third-order valence-corrected chi connectivity index (χ3v) is 4.66. The van der Waals surface area contributed by atoms with Gasteiger partial charge < -0.3 is 30.5 Å². The molecule has 0 aliphatic rings. The Labute approximate surface area is 201 Å². The van der Waals surface area contributed by atoms with Crippen LogP contribution in [-0.4, -0.2) is 117 Å². The molecule has 5 N–H and O–H groups in total. The molecule has 0 radical (unpaired) electrons. The second-order valence-corrected chi connectivity index (χ2v) is 7.13. The first-order chi connectivity index (χ1) is 14.9. The number of aliphatic hydroxyl groups excluding tert-OH is 1. The van der Waals surface area contributed by atoms with Gasteiger partial charge in [-0.15, -0.1) is 23.2 Å². The highest BCUT2D eigenvalue weighted by Crippen LogP contribution is 1.93. The zero-order valence-electron chi connectivity index (χ0n) is 17.3. The number of hydrogen-bond acceptors (Lipinski definition) is 8. The van der Waals surface area contributed by atoms with Crippen molar-refractivity contribution in [2.75, 3.05) is 82.8 Å². The smallest absolute Gasteiger partial charge is 0.234 e. The summed E-state index contributed by atoms with van der Waals surface area (Å²) >= 11 is 13.9. The van der Waals surface area contributed by atoms with Crippen molar-refractivity contribution in [3.05, 3.63) is 0 Å². The molecule has 0 aliphatic heterocycles. The molecule has 0 fully saturated rings. The minimum absolute atomic E-state index is 0.0959. The summed E-state index contributed by atoms with van der Waals surface area (Å²) in [5, 5.41) is 21.4. The van der Waals surface area contributed by atoms with Crippen molar-refractivity contribution >= 4 is 56.9 Å². The number of ether oxygens (including phenoxy) is 2. The Hall–Kier alpha value is -0.730. The second kappa shape index (κ2) is 21.1. The van der Waals surface area contributed by atoms with Crippen molar-refractivity contribution in [3.63, 3.8) is 0 Å². The van der Waals surface area contributed by atoms with Crippen LogP contribution in [-0.2, 0) is 23.9 Å². The molecule has 0 heterocycles. The van der Waals surface area contributed by atoms with Crippen LogP contribution in [0.1, 0.15) is 0 Å². The molecule has 0 spiro atoms. The molecule has 0 saturated heterocycles. The number of rotatable bonds is 20. The predicted octanol–water partition coefficient (Wildman–Crippen LogP) is -1.59. The van der Waals surface area contributed by atoms with E-state index in [0.717, 1.165) is 0 Å². The molecule has 31 heavy (non-hydrogen) atoms. The molecule has 3 amide bonds. The standard InChI is InChI=1S/C17H32BrCl2N5O6/c18-11-14(26)23-3-7-30-9-10-31-8-4-24-17(29)25(5-1-21-15(27)12-19)6-2-22-16(28)13-20/h17,24,29H,1-13H2,(H,21,27)(H,22,28)(H,23,26). The minimum atomic E-state index is -1.00. The van der Waals surface area contributed by atoms with Crippen LogP contribution in [0.5, 0.6) is 0 Å². The molecule has 0 rings (SSSR count). The van der Waals surface area contributed by atoms with E-state index in [1.165, 1.54) is 0 Å². The number of carbonyl (C=O) groups is 3. The van der Waals surface area contributed by atoms with E-state index >= 15 is 0 Å². The molecule has 1 unspecified atom stereocenters. The van der Waals surface area contributed by atoms with Crippen LogP contribution < -0.4 is 21.3 Å². The third-order valence-electron chi connectivity index (χ3n) is 3.67. The Kier molecular flexibility index (Phi) is 20.6. The lowest BCUT2D eigenvalue weighted by Crippen LogP contribution is -2.51. The molecule has 0 saturated carbocycles. The van der Waals surface area contributed by atoms with Crippen molar-refractivity contribution in [1.29, 1.82) is 0 Å². The van der Waals surface area contributed by atoms with Crippen molar-refractivity contribution in [1.82, 2.24) is 26.2 Å². The van der Waals surface area contributed by atoms with Gasteiger partial charge in [0.05, 0.1) is 31.8 Å². The molecule has 0 bridgehead atoms. The predicted molar refractivity (Wildman–Crippen MR) is 121 cm³/mol. The fourth-order valence-electron chi connectivity index (χ4n) is 2.15. The van der Waals surface area contributed by atoms with E-state index in [2.05, 4.69) is 37.2 Å². The number of halogens is 3. The normalized spacial score (nSPS) is 11.9. The largest absolute Gasteiger partial charge is 0.378 e. The highest BCUT2D eigenvalue weighted by molar-refractivity contribution is 9.09. The quantitative estimate of drug-likeness (QED) is 0.0691. The van der Waals surface area contributed by atoms with Gasteiger partial charge in [0, 0.05) is 39.3 Å². The van der Waals surface area contributed by atoms with Gasteiger partial charge in [-0.05, 0) is 0 Å². The second-order valence-electron chi connectivity index (χ2n) is 6.04. The first-order valence-corrected chi connectivity index (χ1v) is 11.9. The molecular formula is C17H32BrCl2N5O6. The van der Waals surface area contributed by atoms with Gasteiger partial charge in [-0.3, -0.25) is 24.6 Å². The fraction of sp³-hybridized carbons (Fsp3) is 0.824. The summed E-state index contributed by atoms with van der Waals surface area (Å²) in [5.74, 6) is -0.985. The topological polar surface area (TPSA) is 141 Å². The summed E-state index contributed by atoms with van der Waals surface area (Å²) in [4.78, 5) is 35.1. The Bertz CT molecular complexity index is 488. The molecule has 11 nitrogen and oxygen atoms in total. The van der Waals surface area contributed by atoms with Crippen LogP contribution in [0, 0.1) is 0 Å². The van der Waals surface area contributed by atoms with Crippen LogP contribution in [0.25, 0.3) is 0 Å². The van der Waals surface area contributed by atoms with E-state index < -0.39 is 6.35 Å². The minimum Gasteiger partial charge on any atom is -0.378 e. The SMILES string of the molecule is O=C(CCl)NCCN(CCNC(=O)CCl)C(O)NCCOCCOCCNC(=O)CBr. The van der Waals surface area contributed by atoms with Gasteiger partial charge in [0.15, 0.2) is 6.35 Å². The summed E-state index contributed by atoms with van der Waals surface area (Å²) in [6.07, 6.45) is -1.00. The van der Waals surface area contributed by atoms with Gasteiger partial charge in [-0.2, -0.15) is 0 Å². The van der Waals surface area contributed by atoms with Crippen LogP contribution in [0.4, 0.5) is 0 Å². The zero-order valence-corrected chi connectivity index (χ0v) is 20.4. The maximum atomic E-state index is 11.2. The molecule has 182 valence electrons. The van der Waals surface area contributed by atoms with Gasteiger partial charge in [0.25, 0.3) is 0 Å². The van der Waals surface area contributed by atoms with Crippen LogP contribution in [0.15, 0.2) is 0 Å². The zero-order chi connectivity index (χ0) is 23.3. The Morgan fingerprint density at radius 2 is 1.29 bits per heavy atom. The molecule has 0 aromatic carbocycles. The average molecular weight is 553 g/mol. The maximum Gasteiger partial charge on any atom is 0.234 e. The van der Waals surface area contributed by atoms with Gasteiger partial charge in [0.1, 0.15) is 11.8 Å². The highest BCUT2D eigenvalue weighted by Gasteiger charge is 2.15. The van der Waals surface area contributed by atoms with Gasteiger partial charge >= 0.3 is 0 Å². The highest BCUT2D eigenvalue weighted by atomic mass is 79.9. The van der Waals surface area contributed by atoms with Gasteiger partial charge in [0.2, 0.25) is 17.7 Å². The summed E-state index contributed by atoms with van der Waals surface area (Å²) < 4.78 is 10.7. The van der Waals surface area contributed by atoms with Gasteiger partial charge in [-0.25, -0.2) is 0 Å². The fourth-order valence-corrected chi connectivity index (χ4v) is 2.54. The monoisotopic (exact) mass is 551 g/mol. The van der Waals surface area contributed by atoms with Crippen LogP contribution >= 0.6 is 39.1 Å². The number of nitrogens with one attached hydrogen (secondary N) is 4. The third kappa shape index (κ3) is 18.5. The number of aliphatic hydroxyl groups is 1. The average Bonchev–Trinajstić information content (AvgIpc) is 2.78. The lowest BCUT2D eigenvalue weighted by Gasteiger charge is -2.28. The molecule has 0 aromatic heterocycles. The first-order valence-electron chi connectivity index (χ1n) is 9.73. The Morgan fingerprint density at radius 1 is 0.806 bits per heavy atom. The summed E-state index contributed by atoms with van der Waals surface area (Å²) in [7, 11) is 0. The lowest BCUT2D eigenvalue weighted by atomic mass is 10.4. The molecule has 0 aromatic rings. The number of amides is 3. The molecular weight excluding hydrogens is 521 g/mol. The Morgan fingerprint density at radius 3 is 1.77 bits per heavy atom. The number of hydrogen-bond donors (Lipinski definition) is 5. The van der Waals surface area contributed by atoms with E-state index in [1.807, 2.05) is 0 Å². The van der Waals surface area contributed by atoms with E-state index in [-0.39, 0.29) is 47.9 Å². The first kappa shape index (κ1) is 30.3. The lowest BCUT2D eigenvalue weighted by molar-refractivity contribution is -0.119. The molecule has 1 atom stereocenters. The van der Waals surface area contributed by atoms with Crippen LogP contribution in [0.2, 0.25) is 0 Å². The van der Waals surface area contributed by atoms with E-state index in [1.54, 1.807) is 4.90 Å². The number of nitrogens with zero attached hydrogens (tertiary/aromatic N) is 1. The van der Waals surface area contributed by atoms with Crippen molar-refractivity contribution in [3.8, 4) is 0 Å². The summed E-state index contributed by atoms with van der Waals surface area (Å²) in [5.41, 5.74) is 0. The number of carbonyl (C=O) groups excluding carboxylic acids is 3. The van der Waals surface area contributed by atoms with Crippen molar-refractivity contribution in [2.45, 2.75) is 6.35 Å². The Balaban J connectivity index is 3.99. The maximum absolute atomic E-state index is 11.2. The summed E-state index contributed by atoms with van der Waals surface area (Å²) in [6, 6.07) is 0. The van der Waals surface area contributed by atoms with E-state index in [4.69, 9.17) is 32.7 Å². The molecule has 0 aliphatic carbocycles. The summed E-state index contributed by atoms with van der Waals surface area (Å²) in [6.45, 7) is 3.58. The van der Waals surface area contributed by atoms with Gasteiger partial charge in [-0.1, -0.05) is 15.9 Å².